The minimum atomic E-state index is -0.374. The van der Waals surface area contributed by atoms with E-state index >= 15 is 0 Å². The molecule has 8 nitrogen and oxygen atoms in total. The van der Waals surface area contributed by atoms with Crippen molar-refractivity contribution in [2.24, 2.45) is 5.92 Å². The molecule has 196 valence electrons. The second-order valence-corrected chi connectivity index (χ2v) is 10.1. The molecule has 1 aliphatic heterocycles. The van der Waals surface area contributed by atoms with Gasteiger partial charge in [-0.15, -0.1) is 0 Å². The number of amides is 3. The fourth-order valence-corrected chi connectivity index (χ4v) is 4.70. The molecule has 3 atom stereocenters. The van der Waals surface area contributed by atoms with Crippen LogP contribution in [0.3, 0.4) is 0 Å². The summed E-state index contributed by atoms with van der Waals surface area (Å²) in [5.41, 5.74) is 1.97. The van der Waals surface area contributed by atoms with Crippen LogP contribution < -0.4 is 15.4 Å². The number of aliphatic hydroxyl groups excluding tert-OH is 1. The van der Waals surface area contributed by atoms with E-state index in [1.807, 2.05) is 69.6 Å². The summed E-state index contributed by atoms with van der Waals surface area (Å²) in [5.74, 6) is 0.599. The van der Waals surface area contributed by atoms with Crippen molar-refractivity contribution in [1.82, 2.24) is 9.80 Å². The first-order valence-corrected chi connectivity index (χ1v) is 12.7. The number of ether oxygens (including phenoxy) is 1. The Kier molecular flexibility index (Phi) is 8.31. The normalized spacial score (nSPS) is 18.9. The number of fused-ring (bicyclic) bond motifs is 2. The number of urea groups is 1. The summed E-state index contributed by atoms with van der Waals surface area (Å²) in [6.07, 6.45) is -0.0387. The van der Waals surface area contributed by atoms with E-state index in [0.29, 0.717) is 35.8 Å². The molecule has 0 fully saturated rings. The molecule has 3 amide bonds. The van der Waals surface area contributed by atoms with Crippen LogP contribution in [0.4, 0.5) is 16.2 Å². The number of carbonyl (C=O) groups is 2. The summed E-state index contributed by atoms with van der Waals surface area (Å²) in [6, 6.07) is 18.3. The Hall–Kier alpha value is -3.62. The van der Waals surface area contributed by atoms with E-state index in [2.05, 4.69) is 22.5 Å². The topological polar surface area (TPSA) is 94.1 Å². The number of anilines is 2. The molecule has 0 radical (unpaired) electrons. The monoisotopic (exact) mass is 504 g/mol. The van der Waals surface area contributed by atoms with Crippen LogP contribution >= 0.6 is 0 Å². The fraction of sp³-hybridized carbons (Fsp3) is 0.379. The van der Waals surface area contributed by atoms with Crippen LogP contribution in [0.1, 0.15) is 19.4 Å². The van der Waals surface area contributed by atoms with E-state index in [4.69, 9.17) is 4.74 Å². The Morgan fingerprint density at radius 3 is 2.65 bits per heavy atom. The highest BCUT2D eigenvalue weighted by Crippen LogP contribution is 2.29. The molecular weight excluding hydrogens is 468 g/mol. The van der Waals surface area contributed by atoms with Gasteiger partial charge in [-0.1, -0.05) is 43.3 Å². The molecule has 0 bridgehead atoms. The van der Waals surface area contributed by atoms with Gasteiger partial charge in [0, 0.05) is 35.6 Å². The highest BCUT2D eigenvalue weighted by Gasteiger charge is 2.30. The molecule has 1 aliphatic rings. The van der Waals surface area contributed by atoms with Crippen LogP contribution in [0.5, 0.6) is 5.75 Å². The van der Waals surface area contributed by atoms with Crippen molar-refractivity contribution in [2.75, 3.05) is 44.4 Å². The zero-order chi connectivity index (χ0) is 26.5. The molecule has 4 rings (SSSR count). The predicted octanol–water partition coefficient (Wildman–Crippen LogP) is 4.19. The van der Waals surface area contributed by atoms with Gasteiger partial charge in [-0.3, -0.25) is 4.79 Å². The fourth-order valence-electron chi connectivity index (χ4n) is 4.70. The highest BCUT2D eigenvalue weighted by atomic mass is 16.5. The summed E-state index contributed by atoms with van der Waals surface area (Å²) >= 11 is 0. The molecule has 0 unspecified atom stereocenters. The van der Waals surface area contributed by atoms with Crippen LogP contribution in [-0.2, 0) is 11.2 Å². The minimum absolute atomic E-state index is 0.0515. The first-order valence-electron chi connectivity index (χ1n) is 12.7. The van der Waals surface area contributed by atoms with Crippen molar-refractivity contribution in [3.63, 3.8) is 0 Å². The molecular formula is C29H36N4O4. The lowest BCUT2D eigenvalue weighted by molar-refractivity contribution is -0.134. The molecule has 3 aromatic rings. The largest absolute Gasteiger partial charge is 0.488 e. The number of carbonyl (C=O) groups excluding carboxylic acids is 2. The summed E-state index contributed by atoms with van der Waals surface area (Å²) in [5, 5.41) is 17.6. The van der Waals surface area contributed by atoms with Crippen molar-refractivity contribution in [3.05, 3.63) is 66.2 Å². The first kappa shape index (κ1) is 26.4. The third kappa shape index (κ3) is 6.39. The van der Waals surface area contributed by atoms with Crippen LogP contribution in [0.15, 0.2) is 60.7 Å². The van der Waals surface area contributed by atoms with Crippen LogP contribution in [0.25, 0.3) is 10.8 Å². The van der Waals surface area contributed by atoms with E-state index in [9.17, 15) is 14.7 Å². The maximum atomic E-state index is 13.3. The van der Waals surface area contributed by atoms with Crippen molar-refractivity contribution in [2.45, 2.75) is 32.4 Å². The Morgan fingerprint density at radius 1 is 1.14 bits per heavy atom. The average Bonchev–Trinajstić information content (AvgIpc) is 2.91. The number of hydrogen-bond acceptors (Lipinski definition) is 5. The number of benzene rings is 3. The van der Waals surface area contributed by atoms with Gasteiger partial charge in [-0.2, -0.15) is 0 Å². The van der Waals surface area contributed by atoms with Gasteiger partial charge >= 0.3 is 6.03 Å². The lowest BCUT2D eigenvalue weighted by atomic mass is 10.0. The summed E-state index contributed by atoms with van der Waals surface area (Å²) in [6.45, 7) is 4.98. The molecule has 37 heavy (non-hydrogen) atoms. The Balaban J connectivity index is 1.58. The maximum Gasteiger partial charge on any atom is 0.323 e. The van der Waals surface area contributed by atoms with Crippen LogP contribution in [0.2, 0.25) is 0 Å². The van der Waals surface area contributed by atoms with Gasteiger partial charge in [0.25, 0.3) is 0 Å². The number of aliphatic hydroxyl groups is 1. The third-order valence-corrected chi connectivity index (χ3v) is 6.76. The molecule has 8 heteroatoms. The molecule has 0 spiro atoms. The zero-order valence-electron chi connectivity index (χ0n) is 21.9. The Morgan fingerprint density at radius 2 is 1.89 bits per heavy atom. The smallest absolute Gasteiger partial charge is 0.323 e. The summed E-state index contributed by atoms with van der Waals surface area (Å²) in [4.78, 5) is 30.0. The first-order chi connectivity index (χ1) is 17.7. The van der Waals surface area contributed by atoms with Gasteiger partial charge in [-0.25, -0.2) is 4.79 Å². The molecule has 1 heterocycles. The number of nitrogens with one attached hydrogen (secondary N) is 2. The van der Waals surface area contributed by atoms with Gasteiger partial charge in [-0.05, 0) is 50.7 Å². The lowest BCUT2D eigenvalue weighted by Gasteiger charge is -2.33. The summed E-state index contributed by atoms with van der Waals surface area (Å²) in [7, 11) is 3.98. The summed E-state index contributed by atoms with van der Waals surface area (Å²) < 4.78 is 6.44. The second kappa shape index (κ2) is 11.6. The quantitative estimate of drug-likeness (QED) is 0.468. The standard InChI is InChI=1S/C29H36N4O4/c1-19-16-33(20(2)18-34)28(35)15-22-14-23(12-13-26(22)37-27(19)17-32(3)4)30-29(36)31-25-11-7-9-21-8-5-6-10-24(21)25/h5-14,19-20,27,34H,15-18H2,1-4H3,(H2,30,31,36)/t19-,20+,27+/m1/s1. The molecule has 3 aromatic carbocycles. The Bertz CT molecular complexity index is 1260. The zero-order valence-corrected chi connectivity index (χ0v) is 21.9. The van der Waals surface area contributed by atoms with E-state index < -0.39 is 0 Å². The van der Waals surface area contributed by atoms with E-state index in [0.717, 1.165) is 10.8 Å². The van der Waals surface area contributed by atoms with Crippen LogP contribution in [-0.4, -0.2) is 72.8 Å². The molecule has 0 saturated carbocycles. The van der Waals surface area contributed by atoms with Gasteiger partial charge in [0.2, 0.25) is 5.91 Å². The van der Waals surface area contributed by atoms with Gasteiger partial charge in [0.15, 0.2) is 0 Å². The number of hydrogen-bond donors (Lipinski definition) is 3. The maximum absolute atomic E-state index is 13.3. The van der Waals surface area contributed by atoms with Crippen molar-refractivity contribution >= 4 is 34.1 Å². The predicted molar refractivity (Wildman–Crippen MR) is 147 cm³/mol. The lowest BCUT2D eigenvalue weighted by Crippen LogP contribution is -2.47. The SMILES string of the molecule is C[C@@H]1CN([C@@H](C)CO)C(=O)Cc2cc(NC(=O)Nc3cccc4ccccc34)ccc2O[C@H]1CN(C)C. The number of nitrogens with zero attached hydrogens (tertiary/aromatic N) is 2. The van der Waals surface area contributed by atoms with Gasteiger partial charge in [0.1, 0.15) is 11.9 Å². The van der Waals surface area contributed by atoms with Crippen molar-refractivity contribution in [1.29, 1.82) is 0 Å². The Labute approximate surface area is 218 Å². The van der Waals surface area contributed by atoms with Crippen molar-refractivity contribution in [3.8, 4) is 5.75 Å². The van der Waals surface area contributed by atoms with E-state index in [-0.39, 0.29) is 43.0 Å². The average molecular weight is 505 g/mol. The van der Waals surface area contributed by atoms with Gasteiger partial charge in [0.05, 0.1) is 24.8 Å². The van der Waals surface area contributed by atoms with E-state index in [1.165, 1.54) is 0 Å². The van der Waals surface area contributed by atoms with Crippen molar-refractivity contribution < 1.29 is 19.4 Å². The number of likely N-dealkylation sites (N-methyl/N-ethyl adjacent to an activating group) is 1. The van der Waals surface area contributed by atoms with E-state index in [1.54, 1.807) is 17.0 Å². The van der Waals surface area contributed by atoms with Crippen LogP contribution in [0, 0.1) is 5.92 Å². The highest BCUT2D eigenvalue weighted by molar-refractivity contribution is 6.06. The molecule has 0 saturated heterocycles. The third-order valence-electron chi connectivity index (χ3n) is 6.76. The molecule has 0 aromatic heterocycles. The molecule has 3 N–H and O–H groups in total. The van der Waals surface area contributed by atoms with Gasteiger partial charge < -0.3 is 30.3 Å². The second-order valence-electron chi connectivity index (χ2n) is 10.1. The number of rotatable bonds is 6. The minimum Gasteiger partial charge on any atom is -0.488 e. The molecule has 0 aliphatic carbocycles.